The van der Waals surface area contributed by atoms with Crippen LogP contribution in [-0.2, 0) is 20.8 Å². The van der Waals surface area contributed by atoms with Crippen molar-refractivity contribution in [2.45, 2.75) is 51.7 Å². The summed E-state index contributed by atoms with van der Waals surface area (Å²) in [5, 5.41) is 5.38. The zero-order valence-electron chi connectivity index (χ0n) is 14.5. The van der Waals surface area contributed by atoms with Crippen molar-refractivity contribution in [1.82, 2.24) is 10.6 Å². The zero-order valence-corrected chi connectivity index (χ0v) is 14.5. The van der Waals surface area contributed by atoms with Gasteiger partial charge in [-0.1, -0.05) is 50.6 Å². The van der Waals surface area contributed by atoms with Crippen LogP contribution in [0.5, 0.6) is 0 Å². The average Bonchev–Trinajstić information content (AvgIpc) is 2.58. The number of carbonyl (C=O) groups excluding carboxylic acids is 3. The third-order valence-electron chi connectivity index (χ3n) is 4.04. The van der Waals surface area contributed by atoms with Crippen LogP contribution < -0.4 is 16.4 Å². The standard InChI is InChI=1S/C18H27N3O3/c1-4-12(2)16(11-22)21-18(24)15(20-17(23)13(3)19)10-14-8-6-5-7-9-14/h5-9,11-13,15-16H,4,10,19H2,1-3H3,(H,20,23)(H,21,24)/t12-,13-,15-,16+/m0/s1. The molecule has 0 aromatic heterocycles. The van der Waals surface area contributed by atoms with Crippen LogP contribution in [0.2, 0.25) is 0 Å². The van der Waals surface area contributed by atoms with E-state index in [4.69, 9.17) is 5.73 Å². The molecular formula is C18H27N3O3. The van der Waals surface area contributed by atoms with Gasteiger partial charge in [-0.3, -0.25) is 9.59 Å². The van der Waals surface area contributed by atoms with Crippen molar-refractivity contribution < 1.29 is 14.4 Å². The number of aldehydes is 1. The van der Waals surface area contributed by atoms with Gasteiger partial charge in [-0.15, -0.1) is 0 Å². The van der Waals surface area contributed by atoms with E-state index in [1.807, 2.05) is 44.2 Å². The van der Waals surface area contributed by atoms with Crippen molar-refractivity contribution in [3.63, 3.8) is 0 Å². The lowest BCUT2D eigenvalue weighted by molar-refractivity contribution is -0.130. The minimum Gasteiger partial charge on any atom is -0.345 e. The molecule has 0 aliphatic carbocycles. The summed E-state index contributed by atoms with van der Waals surface area (Å²) < 4.78 is 0. The van der Waals surface area contributed by atoms with Crippen LogP contribution in [0.3, 0.4) is 0 Å². The second-order valence-corrected chi connectivity index (χ2v) is 6.10. The first-order chi connectivity index (χ1) is 11.4. The van der Waals surface area contributed by atoms with Crippen LogP contribution in [0.25, 0.3) is 0 Å². The monoisotopic (exact) mass is 333 g/mol. The molecule has 0 aliphatic rings. The zero-order chi connectivity index (χ0) is 18.1. The Morgan fingerprint density at radius 1 is 1.12 bits per heavy atom. The lowest BCUT2D eigenvalue weighted by Crippen LogP contribution is -2.54. The van der Waals surface area contributed by atoms with E-state index in [-0.39, 0.29) is 11.8 Å². The highest BCUT2D eigenvalue weighted by Crippen LogP contribution is 2.08. The Balaban J connectivity index is 2.88. The predicted molar refractivity (Wildman–Crippen MR) is 93.2 cm³/mol. The molecule has 0 unspecified atom stereocenters. The van der Waals surface area contributed by atoms with E-state index in [2.05, 4.69) is 10.6 Å². The topological polar surface area (TPSA) is 101 Å². The maximum absolute atomic E-state index is 12.6. The first kappa shape index (κ1) is 19.8. The first-order valence-corrected chi connectivity index (χ1v) is 8.24. The highest BCUT2D eigenvalue weighted by atomic mass is 16.2. The molecule has 6 heteroatoms. The van der Waals surface area contributed by atoms with Gasteiger partial charge in [-0.2, -0.15) is 0 Å². The Labute approximate surface area is 143 Å². The second-order valence-electron chi connectivity index (χ2n) is 6.10. The molecule has 2 amide bonds. The minimum absolute atomic E-state index is 0.0213. The molecule has 1 aromatic rings. The molecule has 1 rings (SSSR count). The van der Waals surface area contributed by atoms with Crippen molar-refractivity contribution in [1.29, 1.82) is 0 Å². The van der Waals surface area contributed by atoms with Crippen LogP contribution in [-0.4, -0.2) is 36.2 Å². The van der Waals surface area contributed by atoms with Gasteiger partial charge in [0.2, 0.25) is 11.8 Å². The maximum atomic E-state index is 12.6. The van der Waals surface area contributed by atoms with Crippen LogP contribution in [0.15, 0.2) is 30.3 Å². The van der Waals surface area contributed by atoms with E-state index in [1.165, 1.54) is 0 Å². The number of carbonyl (C=O) groups is 3. The predicted octanol–water partition coefficient (Wildman–Crippen LogP) is 0.791. The van der Waals surface area contributed by atoms with Crippen molar-refractivity contribution >= 4 is 18.1 Å². The number of hydrogen-bond acceptors (Lipinski definition) is 4. The quantitative estimate of drug-likeness (QED) is 0.582. The average molecular weight is 333 g/mol. The Bertz CT molecular complexity index is 546. The number of rotatable bonds is 9. The first-order valence-electron chi connectivity index (χ1n) is 8.24. The maximum Gasteiger partial charge on any atom is 0.243 e. The molecule has 24 heavy (non-hydrogen) atoms. The fourth-order valence-electron chi connectivity index (χ4n) is 2.19. The van der Waals surface area contributed by atoms with Crippen molar-refractivity contribution in [2.24, 2.45) is 11.7 Å². The number of nitrogens with two attached hydrogens (primary N) is 1. The molecule has 132 valence electrons. The highest BCUT2D eigenvalue weighted by molar-refractivity contribution is 5.90. The Kier molecular flexibility index (Phi) is 8.12. The Morgan fingerprint density at radius 2 is 1.75 bits per heavy atom. The van der Waals surface area contributed by atoms with Crippen molar-refractivity contribution in [2.75, 3.05) is 0 Å². The molecule has 0 saturated heterocycles. The van der Waals surface area contributed by atoms with Crippen LogP contribution in [0.1, 0.15) is 32.8 Å². The van der Waals surface area contributed by atoms with Gasteiger partial charge in [0.05, 0.1) is 12.1 Å². The van der Waals surface area contributed by atoms with E-state index in [0.29, 0.717) is 6.42 Å². The fraction of sp³-hybridized carbons (Fsp3) is 0.500. The molecule has 0 saturated carbocycles. The summed E-state index contributed by atoms with van der Waals surface area (Å²) in [6.45, 7) is 5.40. The SMILES string of the molecule is CC[C@H](C)[C@@H](C=O)NC(=O)[C@H](Cc1ccccc1)NC(=O)[C@H](C)N. The van der Waals surface area contributed by atoms with Crippen LogP contribution in [0.4, 0.5) is 0 Å². The second kappa shape index (κ2) is 9.82. The third-order valence-corrected chi connectivity index (χ3v) is 4.04. The lowest BCUT2D eigenvalue weighted by atomic mass is 9.99. The molecule has 0 fully saturated rings. The third kappa shape index (κ3) is 6.12. The van der Waals surface area contributed by atoms with Gasteiger partial charge < -0.3 is 21.2 Å². The Morgan fingerprint density at radius 3 is 2.25 bits per heavy atom. The van der Waals surface area contributed by atoms with Crippen molar-refractivity contribution in [3.05, 3.63) is 35.9 Å². The van der Waals surface area contributed by atoms with Gasteiger partial charge in [0.25, 0.3) is 0 Å². The normalized spacial score (nSPS) is 15.7. The van der Waals surface area contributed by atoms with E-state index >= 15 is 0 Å². The van der Waals surface area contributed by atoms with E-state index in [9.17, 15) is 14.4 Å². The fourth-order valence-corrected chi connectivity index (χ4v) is 2.19. The number of amides is 2. The molecule has 0 aliphatic heterocycles. The summed E-state index contributed by atoms with van der Waals surface area (Å²) in [7, 11) is 0. The van der Waals surface area contributed by atoms with Crippen LogP contribution >= 0.6 is 0 Å². The summed E-state index contributed by atoms with van der Waals surface area (Å²) in [6, 6.07) is 7.30. The van der Waals surface area contributed by atoms with Gasteiger partial charge in [-0.25, -0.2) is 0 Å². The van der Waals surface area contributed by atoms with Gasteiger partial charge in [0.1, 0.15) is 12.3 Å². The van der Waals surface area contributed by atoms with Gasteiger partial charge in [-0.05, 0) is 18.4 Å². The van der Waals surface area contributed by atoms with Crippen LogP contribution in [0, 0.1) is 5.92 Å². The molecular weight excluding hydrogens is 306 g/mol. The summed E-state index contributed by atoms with van der Waals surface area (Å²) >= 11 is 0. The summed E-state index contributed by atoms with van der Waals surface area (Å²) in [4.78, 5) is 35.7. The largest absolute Gasteiger partial charge is 0.345 e. The number of benzene rings is 1. The molecule has 0 spiro atoms. The molecule has 4 atom stereocenters. The molecule has 0 heterocycles. The highest BCUT2D eigenvalue weighted by Gasteiger charge is 2.26. The molecule has 0 radical (unpaired) electrons. The van der Waals surface area contributed by atoms with Gasteiger partial charge in [0, 0.05) is 6.42 Å². The summed E-state index contributed by atoms with van der Waals surface area (Å²) in [5.41, 5.74) is 6.49. The summed E-state index contributed by atoms with van der Waals surface area (Å²) in [5.74, 6) is -0.768. The smallest absolute Gasteiger partial charge is 0.243 e. The van der Waals surface area contributed by atoms with E-state index in [1.54, 1.807) is 6.92 Å². The lowest BCUT2D eigenvalue weighted by Gasteiger charge is -2.24. The number of hydrogen-bond donors (Lipinski definition) is 3. The summed E-state index contributed by atoms with van der Waals surface area (Å²) in [6.07, 6.45) is 1.83. The number of nitrogens with one attached hydrogen (secondary N) is 2. The van der Waals surface area contributed by atoms with Gasteiger partial charge >= 0.3 is 0 Å². The molecule has 1 aromatic carbocycles. The van der Waals surface area contributed by atoms with E-state index < -0.39 is 24.0 Å². The Hall–Kier alpha value is -2.21. The molecule has 0 bridgehead atoms. The molecule has 4 N–H and O–H groups in total. The minimum atomic E-state index is -0.780. The molecule has 6 nitrogen and oxygen atoms in total. The van der Waals surface area contributed by atoms with Crippen molar-refractivity contribution in [3.8, 4) is 0 Å². The van der Waals surface area contributed by atoms with Gasteiger partial charge in [0.15, 0.2) is 0 Å². The van der Waals surface area contributed by atoms with E-state index in [0.717, 1.165) is 18.3 Å².